The fraction of sp³-hybridized carbons (Fsp3) is 0.174. The number of hydrogen-bond acceptors (Lipinski definition) is 3. The molecule has 1 saturated heterocycles. The Hall–Kier alpha value is -2.79. The number of carbonyl (C=O) groups excluding carboxylic acids is 1. The molecule has 0 radical (unpaired) electrons. The Morgan fingerprint density at radius 3 is 2.50 bits per heavy atom. The predicted octanol–water partition coefficient (Wildman–Crippen LogP) is 5.29. The Kier molecular flexibility index (Phi) is 5.63. The SMILES string of the molecule is O=C(c1ccc(F)cc1)N1CCSC1c1ccccc1OCc1ccccc1. The Morgan fingerprint density at radius 1 is 1.00 bits per heavy atom. The van der Waals surface area contributed by atoms with E-state index in [1.54, 1.807) is 11.8 Å². The van der Waals surface area contributed by atoms with Gasteiger partial charge in [-0.2, -0.15) is 0 Å². The Morgan fingerprint density at radius 2 is 1.71 bits per heavy atom. The number of benzene rings is 3. The van der Waals surface area contributed by atoms with E-state index in [-0.39, 0.29) is 17.1 Å². The van der Waals surface area contributed by atoms with E-state index in [0.29, 0.717) is 18.7 Å². The largest absolute Gasteiger partial charge is 0.489 e. The lowest BCUT2D eigenvalue weighted by atomic mass is 10.1. The third-order valence-electron chi connectivity index (χ3n) is 4.67. The molecule has 4 rings (SSSR count). The van der Waals surface area contributed by atoms with Crippen LogP contribution in [0.25, 0.3) is 0 Å². The first-order valence-electron chi connectivity index (χ1n) is 9.16. The summed E-state index contributed by atoms with van der Waals surface area (Å²) in [5.41, 5.74) is 2.57. The van der Waals surface area contributed by atoms with Crippen molar-refractivity contribution in [2.24, 2.45) is 0 Å². The van der Waals surface area contributed by atoms with Gasteiger partial charge in [0.1, 0.15) is 23.5 Å². The zero-order valence-corrected chi connectivity index (χ0v) is 16.1. The van der Waals surface area contributed by atoms with E-state index < -0.39 is 0 Å². The second kappa shape index (κ2) is 8.48. The molecule has 1 heterocycles. The molecular formula is C23H20FNO2S. The summed E-state index contributed by atoms with van der Waals surface area (Å²) < 4.78 is 19.3. The number of rotatable bonds is 5. The fourth-order valence-electron chi connectivity index (χ4n) is 3.25. The zero-order valence-electron chi connectivity index (χ0n) is 15.3. The average Bonchev–Trinajstić information content (AvgIpc) is 3.23. The monoisotopic (exact) mass is 393 g/mol. The molecule has 1 aliphatic rings. The quantitative estimate of drug-likeness (QED) is 0.590. The summed E-state index contributed by atoms with van der Waals surface area (Å²) in [5.74, 6) is 1.20. The highest BCUT2D eigenvalue weighted by Crippen LogP contribution is 2.42. The first kappa shape index (κ1) is 18.6. The molecule has 3 aromatic rings. The lowest BCUT2D eigenvalue weighted by molar-refractivity contribution is 0.0759. The van der Waals surface area contributed by atoms with E-state index in [0.717, 1.165) is 22.6 Å². The van der Waals surface area contributed by atoms with E-state index in [1.165, 1.54) is 24.3 Å². The maximum absolute atomic E-state index is 13.2. The zero-order chi connectivity index (χ0) is 19.3. The molecule has 1 aliphatic heterocycles. The summed E-state index contributed by atoms with van der Waals surface area (Å²) in [5, 5.41) is -0.121. The maximum Gasteiger partial charge on any atom is 0.255 e. The fourth-order valence-corrected chi connectivity index (χ4v) is 4.53. The molecule has 0 bridgehead atoms. The van der Waals surface area contributed by atoms with Gasteiger partial charge in [0, 0.05) is 23.4 Å². The molecule has 3 nitrogen and oxygen atoms in total. The molecule has 0 aromatic heterocycles. The van der Waals surface area contributed by atoms with Crippen LogP contribution in [0.5, 0.6) is 5.75 Å². The molecule has 1 fully saturated rings. The lowest BCUT2D eigenvalue weighted by Crippen LogP contribution is -2.30. The third-order valence-corrected chi connectivity index (χ3v) is 5.91. The first-order chi connectivity index (χ1) is 13.7. The molecule has 1 atom stereocenters. The summed E-state index contributed by atoms with van der Waals surface area (Å²) in [7, 11) is 0. The van der Waals surface area contributed by atoms with E-state index in [2.05, 4.69) is 0 Å². The van der Waals surface area contributed by atoms with Crippen molar-refractivity contribution in [3.05, 3.63) is 101 Å². The highest BCUT2D eigenvalue weighted by Gasteiger charge is 2.33. The standard InChI is InChI=1S/C23H20FNO2S/c24-19-12-10-18(11-13-19)22(26)25-14-15-28-23(25)20-8-4-5-9-21(20)27-16-17-6-2-1-3-7-17/h1-13,23H,14-16H2. The van der Waals surface area contributed by atoms with Gasteiger partial charge >= 0.3 is 0 Å². The van der Waals surface area contributed by atoms with Gasteiger partial charge in [-0.05, 0) is 35.9 Å². The molecular weight excluding hydrogens is 373 g/mol. The van der Waals surface area contributed by atoms with Crippen molar-refractivity contribution in [2.75, 3.05) is 12.3 Å². The number of amides is 1. The van der Waals surface area contributed by atoms with Crippen molar-refractivity contribution in [1.82, 2.24) is 4.90 Å². The minimum absolute atomic E-state index is 0.0899. The van der Waals surface area contributed by atoms with Gasteiger partial charge in [-0.3, -0.25) is 4.79 Å². The van der Waals surface area contributed by atoms with Crippen molar-refractivity contribution in [2.45, 2.75) is 12.0 Å². The van der Waals surface area contributed by atoms with Crippen molar-refractivity contribution < 1.29 is 13.9 Å². The van der Waals surface area contributed by atoms with Crippen molar-refractivity contribution >= 4 is 17.7 Å². The van der Waals surface area contributed by atoms with Gasteiger partial charge in [0.25, 0.3) is 5.91 Å². The van der Waals surface area contributed by atoms with E-state index in [4.69, 9.17) is 4.74 Å². The molecule has 1 amide bonds. The summed E-state index contributed by atoms with van der Waals surface area (Å²) in [4.78, 5) is 14.8. The predicted molar refractivity (Wildman–Crippen MR) is 110 cm³/mol. The van der Waals surface area contributed by atoms with Gasteiger partial charge in [0.2, 0.25) is 0 Å². The molecule has 0 aliphatic carbocycles. The van der Waals surface area contributed by atoms with Crippen LogP contribution >= 0.6 is 11.8 Å². The number of para-hydroxylation sites is 1. The van der Waals surface area contributed by atoms with Crippen molar-refractivity contribution in [3.8, 4) is 5.75 Å². The number of carbonyl (C=O) groups is 1. The van der Waals surface area contributed by atoms with Gasteiger partial charge in [-0.15, -0.1) is 11.8 Å². The minimum atomic E-state index is -0.344. The molecule has 0 spiro atoms. The van der Waals surface area contributed by atoms with Crippen LogP contribution in [0.2, 0.25) is 0 Å². The van der Waals surface area contributed by atoms with Crippen LogP contribution in [-0.2, 0) is 6.61 Å². The van der Waals surface area contributed by atoms with E-state index in [1.807, 2.05) is 59.5 Å². The van der Waals surface area contributed by atoms with Gasteiger partial charge in [0.15, 0.2) is 0 Å². The summed E-state index contributed by atoms with van der Waals surface area (Å²) >= 11 is 1.72. The number of thioether (sulfide) groups is 1. The first-order valence-corrected chi connectivity index (χ1v) is 10.2. The number of nitrogens with zero attached hydrogens (tertiary/aromatic N) is 1. The van der Waals surface area contributed by atoms with Crippen LogP contribution < -0.4 is 4.74 Å². The Bertz CT molecular complexity index is 946. The minimum Gasteiger partial charge on any atom is -0.489 e. The highest BCUT2D eigenvalue weighted by molar-refractivity contribution is 7.99. The van der Waals surface area contributed by atoms with Gasteiger partial charge < -0.3 is 9.64 Å². The topological polar surface area (TPSA) is 29.5 Å². The molecule has 5 heteroatoms. The Labute approximate surface area is 168 Å². The van der Waals surface area contributed by atoms with Crippen LogP contribution in [0, 0.1) is 5.82 Å². The number of ether oxygens (including phenoxy) is 1. The maximum atomic E-state index is 13.2. The lowest BCUT2D eigenvalue weighted by Gasteiger charge is -2.26. The van der Waals surface area contributed by atoms with Crippen LogP contribution in [0.15, 0.2) is 78.9 Å². The highest BCUT2D eigenvalue weighted by atomic mass is 32.2. The normalized spacial score (nSPS) is 16.2. The average molecular weight is 393 g/mol. The third kappa shape index (κ3) is 4.04. The number of hydrogen-bond donors (Lipinski definition) is 0. The summed E-state index contributed by atoms with van der Waals surface area (Å²) in [6, 6.07) is 23.6. The van der Waals surface area contributed by atoms with Crippen LogP contribution in [0.4, 0.5) is 4.39 Å². The van der Waals surface area contributed by atoms with E-state index in [9.17, 15) is 9.18 Å². The molecule has 0 saturated carbocycles. The van der Waals surface area contributed by atoms with E-state index >= 15 is 0 Å². The summed E-state index contributed by atoms with van der Waals surface area (Å²) in [6.07, 6.45) is 0. The molecule has 3 aromatic carbocycles. The number of halogens is 1. The van der Waals surface area contributed by atoms with Crippen LogP contribution in [0.3, 0.4) is 0 Å². The van der Waals surface area contributed by atoms with Crippen molar-refractivity contribution in [3.63, 3.8) is 0 Å². The van der Waals surface area contributed by atoms with Crippen molar-refractivity contribution in [1.29, 1.82) is 0 Å². The Balaban J connectivity index is 1.55. The van der Waals surface area contributed by atoms with Gasteiger partial charge in [-0.25, -0.2) is 4.39 Å². The van der Waals surface area contributed by atoms with Gasteiger partial charge in [-0.1, -0.05) is 48.5 Å². The van der Waals surface area contributed by atoms with Crippen LogP contribution in [0.1, 0.15) is 26.9 Å². The summed E-state index contributed by atoms with van der Waals surface area (Å²) in [6.45, 7) is 1.12. The molecule has 142 valence electrons. The molecule has 28 heavy (non-hydrogen) atoms. The molecule has 0 N–H and O–H groups in total. The van der Waals surface area contributed by atoms with Gasteiger partial charge in [0.05, 0.1) is 0 Å². The second-order valence-electron chi connectivity index (χ2n) is 6.54. The smallest absolute Gasteiger partial charge is 0.255 e. The van der Waals surface area contributed by atoms with Crippen LogP contribution in [-0.4, -0.2) is 23.1 Å². The molecule has 1 unspecified atom stereocenters. The second-order valence-corrected chi connectivity index (χ2v) is 7.73.